The average Bonchev–Trinajstić information content (AvgIpc) is 2.79. The summed E-state index contributed by atoms with van der Waals surface area (Å²) in [5.41, 5.74) is 8.71. The first-order valence-corrected chi connectivity index (χ1v) is 12.0. The Morgan fingerprint density at radius 3 is 2.44 bits per heavy atom. The molecule has 0 saturated carbocycles. The zero-order chi connectivity index (χ0) is 23.7. The molecule has 34 heavy (non-hydrogen) atoms. The third-order valence-corrected chi connectivity index (χ3v) is 7.31. The Morgan fingerprint density at radius 1 is 1.03 bits per heavy atom. The minimum Gasteiger partial charge on any atom is -0.399 e. The van der Waals surface area contributed by atoms with E-state index in [9.17, 15) is 14.0 Å². The predicted octanol–water partition coefficient (Wildman–Crippen LogP) is 2.80. The fourth-order valence-electron chi connectivity index (χ4n) is 5.12. The van der Waals surface area contributed by atoms with Crippen LogP contribution in [0.4, 0.5) is 15.8 Å². The number of nitrogen functional groups attached to an aromatic ring is 1. The van der Waals surface area contributed by atoms with Crippen LogP contribution in [0.5, 0.6) is 0 Å². The number of ether oxygens (including phenoxy) is 1. The summed E-state index contributed by atoms with van der Waals surface area (Å²) in [5, 5.41) is 2.43. The maximum absolute atomic E-state index is 13.9. The number of anilines is 2. The van der Waals surface area contributed by atoms with Crippen molar-refractivity contribution in [1.82, 2.24) is 10.2 Å². The second-order valence-corrected chi connectivity index (χ2v) is 9.55. The predicted molar refractivity (Wildman–Crippen MR) is 128 cm³/mol. The first-order chi connectivity index (χ1) is 16.5. The molecule has 180 valence electrons. The lowest BCUT2D eigenvalue weighted by Crippen LogP contribution is -2.61. The second-order valence-electron chi connectivity index (χ2n) is 9.55. The van der Waals surface area contributed by atoms with Crippen LogP contribution in [-0.4, -0.2) is 55.0 Å². The number of nitrogens with zero attached hydrogens (tertiary/aromatic N) is 2. The summed E-state index contributed by atoms with van der Waals surface area (Å²) in [7, 11) is 0. The molecule has 2 aromatic carbocycles. The van der Waals surface area contributed by atoms with Crippen LogP contribution in [0.25, 0.3) is 0 Å². The van der Waals surface area contributed by atoms with Gasteiger partial charge in [0.2, 0.25) is 11.8 Å². The van der Waals surface area contributed by atoms with Gasteiger partial charge >= 0.3 is 0 Å². The van der Waals surface area contributed by atoms with Gasteiger partial charge in [-0.3, -0.25) is 19.8 Å². The van der Waals surface area contributed by atoms with Gasteiger partial charge in [-0.15, -0.1) is 0 Å². The summed E-state index contributed by atoms with van der Waals surface area (Å²) in [4.78, 5) is 28.3. The first-order valence-electron chi connectivity index (χ1n) is 12.0. The maximum Gasteiger partial charge on any atom is 0.234 e. The number of hydrogen-bond donors (Lipinski definition) is 2. The van der Waals surface area contributed by atoms with E-state index in [1.165, 1.54) is 6.07 Å². The molecule has 0 aliphatic carbocycles. The van der Waals surface area contributed by atoms with Gasteiger partial charge in [0.05, 0.1) is 18.6 Å². The van der Waals surface area contributed by atoms with Crippen molar-refractivity contribution >= 4 is 23.2 Å². The largest absolute Gasteiger partial charge is 0.399 e. The van der Waals surface area contributed by atoms with Gasteiger partial charge in [-0.2, -0.15) is 0 Å². The molecular formula is C26H31FN4O3. The minimum atomic E-state index is -0.308. The number of carbonyl (C=O) groups excluding carboxylic acids is 2. The van der Waals surface area contributed by atoms with Gasteiger partial charge in [-0.05, 0) is 49.1 Å². The number of imide groups is 1. The van der Waals surface area contributed by atoms with Crippen molar-refractivity contribution in [2.75, 3.05) is 36.8 Å². The number of nitrogens with one attached hydrogen (secondary N) is 1. The molecule has 3 aliphatic rings. The number of halogens is 1. The average molecular weight is 467 g/mol. The molecule has 7 nitrogen and oxygen atoms in total. The van der Waals surface area contributed by atoms with Crippen LogP contribution in [0.3, 0.4) is 0 Å². The molecule has 0 bridgehead atoms. The summed E-state index contributed by atoms with van der Waals surface area (Å²) >= 11 is 0. The molecule has 1 atom stereocenters. The van der Waals surface area contributed by atoms with Crippen LogP contribution in [-0.2, 0) is 20.9 Å². The molecule has 2 amide bonds. The Hall–Kier alpha value is -2.97. The van der Waals surface area contributed by atoms with Crippen LogP contribution in [0.15, 0.2) is 42.5 Å². The number of carbonyl (C=O) groups is 2. The smallest absolute Gasteiger partial charge is 0.234 e. The number of piperidine rings is 2. The van der Waals surface area contributed by atoms with Crippen LogP contribution in [0, 0.1) is 5.82 Å². The minimum absolute atomic E-state index is 0.157. The van der Waals surface area contributed by atoms with Crippen molar-refractivity contribution in [2.24, 2.45) is 0 Å². The molecule has 0 spiro atoms. The van der Waals surface area contributed by atoms with Crippen LogP contribution < -0.4 is 16.0 Å². The third-order valence-electron chi connectivity index (χ3n) is 7.31. The zero-order valence-corrected chi connectivity index (χ0v) is 19.2. The molecular weight excluding hydrogens is 435 g/mol. The van der Waals surface area contributed by atoms with E-state index in [0.29, 0.717) is 30.1 Å². The maximum atomic E-state index is 13.9. The molecule has 0 radical (unpaired) electrons. The van der Waals surface area contributed by atoms with Gasteiger partial charge in [-0.25, -0.2) is 4.39 Å². The van der Waals surface area contributed by atoms with E-state index in [1.54, 1.807) is 12.1 Å². The van der Waals surface area contributed by atoms with E-state index in [2.05, 4.69) is 27.2 Å². The van der Waals surface area contributed by atoms with E-state index in [1.807, 2.05) is 12.1 Å². The van der Waals surface area contributed by atoms with Gasteiger partial charge in [0.25, 0.3) is 0 Å². The molecule has 2 aromatic rings. The SMILES string of the molecule is Nc1ccc(COC2CCN(C3CN(c4ccc(C5CCC(=O)NC5=O)cc4)C3)CC2)c(F)c1. The number of rotatable bonds is 6. The Morgan fingerprint density at radius 2 is 1.76 bits per heavy atom. The van der Waals surface area contributed by atoms with Gasteiger partial charge < -0.3 is 15.4 Å². The number of likely N-dealkylation sites (tertiary alicyclic amines) is 1. The van der Waals surface area contributed by atoms with E-state index in [0.717, 1.165) is 50.3 Å². The highest BCUT2D eigenvalue weighted by Gasteiger charge is 2.34. The Kier molecular flexibility index (Phi) is 6.52. The van der Waals surface area contributed by atoms with E-state index in [-0.39, 0.29) is 36.3 Å². The van der Waals surface area contributed by atoms with Crippen LogP contribution >= 0.6 is 0 Å². The molecule has 3 fully saturated rings. The summed E-state index contributed by atoms with van der Waals surface area (Å²) in [6.45, 7) is 4.23. The monoisotopic (exact) mass is 466 g/mol. The number of nitrogens with two attached hydrogens (primary N) is 1. The van der Waals surface area contributed by atoms with Crippen molar-refractivity contribution in [2.45, 2.75) is 50.4 Å². The topological polar surface area (TPSA) is 87.9 Å². The van der Waals surface area contributed by atoms with E-state index >= 15 is 0 Å². The summed E-state index contributed by atoms with van der Waals surface area (Å²) in [5.74, 6) is -0.928. The van der Waals surface area contributed by atoms with Crippen molar-refractivity contribution in [3.8, 4) is 0 Å². The Balaban J connectivity index is 1.06. The zero-order valence-electron chi connectivity index (χ0n) is 19.2. The standard InChI is InChI=1S/C26H31FN4O3/c27-24-13-19(28)4-1-18(24)16-34-22-9-11-30(12-10-22)21-14-31(15-21)20-5-2-17(3-6-20)23-7-8-25(32)29-26(23)33/h1-6,13,21-23H,7-12,14-16,28H2,(H,29,32,33). The van der Waals surface area contributed by atoms with Crippen LogP contribution in [0.2, 0.25) is 0 Å². The quantitative estimate of drug-likeness (QED) is 0.503. The van der Waals surface area contributed by atoms with Crippen molar-refractivity contribution in [3.63, 3.8) is 0 Å². The van der Waals surface area contributed by atoms with Crippen molar-refractivity contribution in [3.05, 3.63) is 59.4 Å². The van der Waals surface area contributed by atoms with Gasteiger partial charge in [0.15, 0.2) is 0 Å². The normalized spacial score (nSPS) is 22.5. The highest BCUT2D eigenvalue weighted by atomic mass is 19.1. The van der Waals surface area contributed by atoms with Gasteiger partial charge in [0, 0.05) is 55.6 Å². The molecule has 5 rings (SSSR count). The lowest BCUT2D eigenvalue weighted by atomic mass is 9.90. The summed E-state index contributed by atoms with van der Waals surface area (Å²) < 4.78 is 19.9. The van der Waals surface area contributed by atoms with Crippen molar-refractivity contribution < 1.29 is 18.7 Å². The molecule has 3 N–H and O–H groups in total. The Labute approximate surface area is 199 Å². The van der Waals surface area contributed by atoms with E-state index in [4.69, 9.17) is 10.5 Å². The Bertz CT molecular complexity index is 1050. The summed E-state index contributed by atoms with van der Waals surface area (Å²) in [6, 6.07) is 13.4. The third kappa shape index (κ3) is 4.93. The second kappa shape index (κ2) is 9.72. The number of benzene rings is 2. The molecule has 1 unspecified atom stereocenters. The number of amides is 2. The summed E-state index contributed by atoms with van der Waals surface area (Å²) in [6.07, 6.45) is 3.03. The molecule has 3 saturated heterocycles. The highest BCUT2D eigenvalue weighted by molar-refractivity contribution is 6.00. The van der Waals surface area contributed by atoms with E-state index < -0.39 is 0 Å². The van der Waals surface area contributed by atoms with Gasteiger partial charge in [0.1, 0.15) is 5.82 Å². The highest BCUT2D eigenvalue weighted by Crippen LogP contribution is 2.30. The fourth-order valence-corrected chi connectivity index (χ4v) is 5.12. The fraction of sp³-hybridized carbons (Fsp3) is 0.462. The van der Waals surface area contributed by atoms with Gasteiger partial charge in [-0.1, -0.05) is 18.2 Å². The first kappa shape index (κ1) is 22.8. The molecule has 8 heteroatoms. The molecule has 3 heterocycles. The van der Waals surface area contributed by atoms with Crippen LogP contribution in [0.1, 0.15) is 42.7 Å². The number of hydrogen-bond acceptors (Lipinski definition) is 6. The van der Waals surface area contributed by atoms with Crippen molar-refractivity contribution in [1.29, 1.82) is 0 Å². The lowest BCUT2D eigenvalue weighted by molar-refractivity contribution is -0.134. The lowest BCUT2D eigenvalue weighted by Gasteiger charge is -2.48. The molecule has 3 aliphatic heterocycles. The molecule has 0 aromatic heterocycles.